The molecule has 1 unspecified atom stereocenters. The summed E-state index contributed by atoms with van der Waals surface area (Å²) in [6.07, 6.45) is 7.59. The van der Waals surface area contributed by atoms with E-state index in [1.807, 2.05) is 36.4 Å². The lowest BCUT2D eigenvalue weighted by atomic mass is 9.92. The minimum atomic E-state index is -0.366. The Kier molecular flexibility index (Phi) is 4.48. The Morgan fingerprint density at radius 3 is 2.38 bits per heavy atom. The number of nitrogens with zero attached hydrogens (tertiary/aromatic N) is 3. The van der Waals surface area contributed by atoms with E-state index in [1.165, 1.54) is 0 Å². The number of nitriles is 1. The molecule has 1 aromatic heterocycles. The number of rotatable bonds is 4. The second-order valence-corrected chi connectivity index (χ2v) is 8.98. The molecule has 5 nitrogen and oxygen atoms in total. The Morgan fingerprint density at radius 1 is 1.14 bits per heavy atom. The Balaban J connectivity index is 1.27. The number of carbonyl (C=O) groups excluding carboxylic acids is 1. The van der Waals surface area contributed by atoms with Crippen molar-refractivity contribution in [1.82, 2.24) is 10.3 Å². The average molecular weight is 407 g/mol. The van der Waals surface area contributed by atoms with Gasteiger partial charge in [0.1, 0.15) is 11.9 Å². The first-order valence-electron chi connectivity index (χ1n) is 10.3. The topological polar surface area (TPSA) is 69.0 Å². The molecule has 2 bridgehead atoms. The number of pyridine rings is 1. The van der Waals surface area contributed by atoms with Crippen molar-refractivity contribution in [3.05, 3.63) is 58.7 Å². The van der Waals surface area contributed by atoms with Gasteiger partial charge in [0.2, 0.25) is 5.91 Å². The summed E-state index contributed by atoms with van der Waals surface area (Å²) in [5, 5.41) is 13.1. The number of carbonyl (C=O) groups is 1. The monoisotopic (exact) mass is 406 g/mol. The zero-order valence-electron chi connectivity index (χ0n) is 16.1. The standard InChI is InChI=1S/C23H23ClN4O/c24-17-4-2-16(3-5-17)23(9-10-23)22(29)27-18-11-19-6-7-20(12-18)28(19)21-8-1-15(13-25)14-26-21/h1-5,8,14,18-20H,6-7,9-12H2,(H,27,29)/t18?,19-,20+. The number of halogens is 1. The first kappa shape index (κ1) is 18.4. The van der Waals surface area contributed by atoms with E-state index in [1.54, 1.807) is 6.20 Å². The Labute approximate surface area is 175 Å². The van der Waals surface area contributed by atoms with E-state index in [9.17, 15) is 4.79 Å². The normalized spacial score (nSPS) is 26.6. The molecule has 6 heteroatoms. The zero-order chi connectivity index (χ0) is 20.0. The lowest BCUT2D eigenvalue weighted by molar-refractivity contribution is -0.124. The molecule has 3 aliphatic rings. The molecule has 0 spiro atoms. The fourth-order valence-electron chi connectivity index (χ4n) is 5.14. The van der Waals surface area contributed by atoms with Gasteiger partial charge in [0, 0.05) is 29.3 Å². The molecule has 2 aliphatic heterocycles. The number of benzene rings is 1. The Morgan fingerprint density at radius 2 is 1.83 bits per heavy atom. The second kappa shape index (κ2) is 7.03. The molecule has 1 aliphatic carbocycles. The van der Waals surface area contributed by atoms with Crippen LogP contribution in [0.15, 0.2) is 42.6 Å². The van der Waals surface area contributed by atoms with Crippen LogP contribution in [0.4, 0.5) is 5.82 Å². The first-order chi connectivity index (χ1) is 14.1. The molecule has 3 fully saturated rings. The lowest BCUT2D eigenvalue weighted by Gasteiger charge is -2.40. The van der Waals surface area contributed by atoms with Crippen LogP contribution in [0.5, 0.6) is 0 Å². The van der Waals surface area contributed by atoms with E-state index < -0.39 is 0 Å². The zero-order valence-corrected chi connectivity index (χ0v) is 16.9. The predicted octanol–water partition coefficient (Wildman–Crippen LogP) is 3.95. The van der Waals surface area contributed by atoms with Crippen LogP contribution < -0.4 is 10.2 Å². The van der Waals surface area contributed by atoms with Crippen LogP contribution in [0.3, 0.4) is 0 Å². The summed E-state index contributed by atoms with van der Waals surface area (Å²) < 4.78 is 0. The van der Waals surface area contributed by atoms with Crippen LogP contribution in [0.2, 0.25) is 5.02 Å². The number of amides is 1. The molecule has 1 amide bonds. The second-order valence-electron chi connectivity index (χ2n) is 8.54. The van der Waals surface area contributed by atoms with Crippen LogP contribution in [-0.2, 0) is 10.2 Å². The number of hydrogen-bond acceptors (Lipinski definition) is 4. The Bertz CT molecular complexity index is 948. The van der Waals surface area contributed by atoms with Crippen molar-refractivity contribution in [2.24, 2.45) is 0 Å². The predicted molar refractivity (Wildman–Crippen MR) is 112 cm³/mol. The van der Waals surface area contributed by atoms with E-state index in [0.29, 0.717) is 22.7 Å². The molecule has 2 saturated heterocycles. The van der Waals surface area contributed by atoms with Gasteiger partial charge in [-0.25, -0.2) is 4.98 Å². The number of aromatic nitrogens is 1. The SMILES string of the molecule is N#Cc1ccc(N2[C@@H]3CC[C@H]2CC(NC(=O)C2(c4ccc(Cl)cc4)CC2)C3)nc1. The van der Waals surface area contributed by atoms with Crippen molar-refractivity contribution >= 4 is 23.3 Å². The van der Waals surface area contributed by atoms with Gasteiger partial charge in [0.15, 0.2) is 0 Å². The largest absolute Gasteiger partial charge is 0.352 e. The molecule has 3 atom stereocenters. The van der Waals surface area contributed by atoms with Gasteiger partial charge in [-0.15, -0.1) is 0 Å². The summed E-state index contributed by atoms with van der Waals surface area (Å²) in [7, 11) is 0. The highest BCUT2D eigenvalue weighted by atomic mass is 35.5. The molecule has 148 valence electrons. The molecule has 5 rings (SSSR count). The quantitative estimate of drug-likeness (QED) is 0.834. The highest BCUT2D eigenvalue weighted by molar-refractivity contribution is 6.30. The maximum absolute atomic E-state index is 13.1. The number of piperidine rings is 1. The van der Waals surface area contributed by atoms with Crippen molar-refractivity contribution in [3.8, 4) is 6.07 Å². The molecule has 1 saturated carbocycles. The van der Waals surface area contributed by atoms with Gasteiger partial charge in [-0.2, -0.15) is 5.26 Å². The van der Waals surface area contributed by atoms with E-state index in [4.69, 9.17) is 16.9 Å². The highest BCUT2D eigenvalue weighted by Gasteiger charge is 2.52. The number of nitrogens with one attached hydrogen (secondary N) is 1. The molecule has 2 aromatic rings. The van der Waals surface area contributed by atoms with E-state index >= 15 is 0 Å². The van der Waals surface area contributed by atoms with E-state index in [0.717, 1.165) is 49.9 Å². The summed E-state index contributed by atoms with van der Waals surface area (Å²) in [4.78, 5) is 20.0. The number of hydrogen-bond donors (Lipinski definition) is 1. The molecule has 29 heavy (non-hydrogen) atoms. The number of fused-ring (bicyclic) bond motifs is 2. The molecule has 3 heterocycles. The van der Waals surface area contributed by atoms with Crippen molar-refractivity contribution in [1.29, 1.82) is 5.26 Å². The summed E-state index contributed by atoms with van der Waals surface area (Å²) in [6, 6.07) is 14.6. The summed E-state index contributed by atoms with van der Waals surface area (Å²) in [5.74, 6) is 1.11. The first-order valence-corrected chi connectivity index (χ1v) is 10.7. The van der Waals surface area contributed by atoms with Crippen LogP contribution in [-0.4, -0.2) is 29.0 Å². The van der Waals surface area contributed by atoms with Gasteiger partial charge in [0.05, 0.1) is 11.0 Å². The average Bonchev–Trinajstić information content (AvgIpc) is 3.50. The van der Waals surface area contributed by atoms with Crippen molar-refractivity contribution in [2.45, 2.75) is 62.1 Å². The molecule has 1 aromatic carbocycles. The van der Waals surface area contributed by atoms with Crippen LogP contribution in [0, 0.1) is 11.3 Å². The Hall–Kier alpha value is -2.58. The van der Waals surface area contributed by atoms with Gasteiger partial charge in [-0.1, -0.05) is 23.7 Å². The lowest BCUT2D eigenvalue weighted by Crippen LogP contribution is -2.52. The molecular formula is C23H23ClN4O. The summed E-state index contributed by atoms with van der Waals surface area (Å²) in [5.41, 5.74) is 1.29. The minimum Gasteiger partial charge on any atom is -0.352 e. The van der Waals surface area contributed by atoms with Crippen LogP contribution in [0.1, 0.15) is 49.7 Å². The summed E-state index contributed by atoms with van der Waals surface area (Å²) >= 11 is 6.01. The van der Waals surface area contributed by atoms with Gasteiger partial charge in [-0.3, -0.25) is 4.79 Å². The highest BCUT2D eigenvalue weighted by Crippen LogP contribution is 2.49. The van der Waals surface area contributed by atoms with Gasteiger partial charge in [0.25, 0.3) is 0 Å². The fraction of sp³-hybridized carbons (Fsp3) is 0.435. The number of anilines is 1. The maximum atomic E-state index is 13.1. The third-order valence-electron chi connectivity index (χ3n) is 6.79. The van der Waals surface area contributed by atoms with Gasteiger partial charge < -0.3 is 10.2 Å². The van der Waals surface area contributed by atoms with Crippen molar-refractivity contribution in [2.75, 3.05) is 4.90 Å². The third kappa shape index (κ3) is 3.26. The summed E-state index contributed by atoms with van der Waals surface area (Å²) in [6.45, 7) is 0. The van der Waals surface area contributed by atoms with Crippen LogP contribution in [0.25, 0.3) is 0 Å². The van der Waals surface area contributed by atoms with Crippen molar-refractivity contribution < 1.29 is 4.79 Å². The van der Waals surface area contributed by atoms with Gasteiger partial charge >= 0.3 is 0 Å². The third-order valence-corrected chi connectivity index (χ3v) is 7.04. The van der Waals surface area contributed by atoms with Crippen LogP contribution >= 0.6 is 11.6 Å². The molecular weight excluding hydrogens is 384 g/mol. The molecule has 0 radical (unpaired) electrons. The minimum absolute atomic E-state index is 0.161. The maximum Gasteiger partial charge on any atom is 0.230 e. The fourth-order valence-corrected chi connectivity index (χ4v) is 5.26. The van der Waals surface area contributed by atoms with Gasteiger partial charge in [-0.05, 0) is 68.4 Å². The van der Waals surface area contributed by atoms with E-state index in [2.05, 4.69) is 21.3 Å². The van der Waals surface area contributed by atoms with E-state index in [-0.39, 0.29) is 17.4 Å². The van der Waals surface area contributed by atoms with Crippen molar-refractivity contribution in [3.63, 3.8) is 0 Å². The smallest absolute Gasteiger partial charge is 0.230 e. The molecule has 1 N–H and O–H groups in total.